The van der Waals surface area contributed by atoms with E-state index in [1.165, 1.54) is 12.1 Å². The van der Waals surface area contributed by atoms with Crippen molar-refractivity contribution in [1.82, 2.24) is 9.80 Å². The zero-order valence-corrected chi connectivity index (χ0v) is 25.4. The molecule has 0 aromatic heterocycles. The zero-order chi connectivity index (χ0) is 29.4. The SMILES string of the molecule is CCCCN(C(=O)Nc1ccc(F)c(O)c1)C1CCN(Cc2ccc(Oc3ccc(NS(C)(=O)=O)cc3)cc2)CC1.Cl. The van der Waals surface area contributed by atoms with Gasteiger partial charge in [0, 0.05) is 49.7 Å². The van der Waals surface area contributed by atoms with E-state index in [1.807, 2.05) is 29.2 Å². The molecule has 0 saturated carbocycles. The number of unbranched alkanes of at least 4 members (excludes halogenated alkanes) is 1. The van der Waals surface area contributed by atoms with Crippen molar-refractivity contribution < 1.29 is 27.4 Å². The number of halogens is 2. The fourth-order valence-corrected chi connectivity index (χ4v) is 5.38. The van der Waals surface area contributed by atoms with Crippen molar-refractivity contribution in [3.63, 3.8) is 0 Å². The van der Waals surface area contributed by atoms with Crippen LogP contribution in [-0.2, 0) is 16.6 Å². The first-order valence-electron chi connectivity index (χ1n) is 13.7. The van der Waals surface area contributed by atoms with E-state index in [0.29, 0.717) is 29.4 Å². The number of aromatic hydroxyl groups is 1. The second-order valence-corrected chi connectivity index (χ2v) is 12.0. The Morgan fingerprint density at radius 3 is 2.19 bits per heavy atom. The molecule has 0 spiro atoms. The van der Waals surface area contributed by atoms with Gasteiger partial charge < -0.3 is 20.1 Å². The van der Waals surface area contributed by atoms with Crippen LogP contribution >= 0.6 is 12.4 Å². The van der Waals surface area contributed by atoms with Crippen LogP contribution in [0, 0.1) is 5.82 Å². The lowest BCUT2D eigenvalue weighted by Gasteiger charge is -2.38. The van der Waals surface area contributed by atoms with Crippen molar-refractivity contribution in [1.29, 1.82) is 0 Å². The van der Waals surface area contributed by atoms with E-state index >= 15 is 0 Å². The number of likely N-dealkylation sites (tertiary alicyclic amines) is 1. The molecule has 42 heavy (non-hydrogen) atoms. The molecule has 1 saturated heterocycles. The summed E-state index contributed by atoms with van der Waals surface area (Å²) in [7, 11) is -3.33. The molecule has 0 aliphatic carbocycles. The van der Waals surface area contributed by atoms with Crippen molar-refractivity contribution in [2.45, 2.75) is 45.2 Å². The molecule has 12 heteroatoms. The van der Waals surface area contributed by atoms with Crippen LogP contribution in [0.3, 0.4) is 0 Å². The minimum absolute atomic E-state index is 0. The summed E-state index contributed by atoms with van der Waals surface area (Å²) >= 11 is 0. The van der Waals surface area contributed by atoms with Gasteiger partial charge in [-0.3, -0.25) is 9.62 Å². The standard InChI is InChI=1S/C30H37FN4O5S.ClH/c1-3-4-17-35(30(37)32-24-9-14-28(31)29(36)20-24)25-15-18-34(19-16-25)21-22-5-10-26(11-6-22)40-27-12-7-23(8-13-27)33-41(2,38)39;/h5-14,20,25,33,36H,3-4,15-19,21H2,1-2H3,(H,32,37);1H. The van der Waals surface area contributed by atoms with Crippen LogP contribution in [0.2, 0.25) is 0 Å². The third-order valence-corrected chi connectivity index (χ3v) is 7.54. The summed E-state index contributed by atoms with van der Waals surface area (Å²) in [5.41, 5.74) is 1.99. The Bertz CT molecular complexity index is 1420. The van der Waals surface area contributed by atoms with Gasteiger partial charge in [-0.1, -0.05) is 25.5 Å². The van der Waals surface area contributed by atoms with Crippen molar-refractivity contribution in [3.8, 4) is 17.2 Å². The van der Waals surface area contributed by atoms with Gasteiger partial charge in [-0.2, -0.15) is 0 Å². The van der Waals surface area contributed by atoms with Crippen LogP contribution in [0.5, 0.6) is 17.2 Å². The summed E-state index contributed by atoms with van der Waals surface area (Å²) < 4.78 is 44.4. The smallest absolute Gasteiger partial charge is 0.322 e. The first-order valence-corrected chi connectivity index (χ1v) is 15.6. The number of phenolic OH excluding ortho intramolecular Hbond substituents is 1. The molecule has 2 amide bonds. The fraction of sp³-hybridized carbons (Fsp3) is 0.367. The van der Waals surface area contributed by atoms with E-state index in [0.717, 1.165) is 63.2 Å². The van der Waals surface area contributed by atoms with Gasteiger partial charge in [-0.05, 0) is 73.4 Å². The summed E-state index contributed by atoms with van der Waals surface area (Å²) in [4.78, 5) is 17.3. The topological polar surface area (TPSA) is 111 Å². The fourth-order valence-electron chi connectivity index (χ4n) is 4.82. The zero-order valence-electron chi connectivity index (χ0n) is 23.8. The van der Waals surface area contributed by atoms with Crippen LogP contribution in [-0.4, -0.2) is 61.3 Å². The summed E-state index contributed by atoms with van der Waals surface area (Å²) in [6.45, 7) is 5.21. The number of ether oxygens (including phenoxy) is 1. The first-order chi connectivity index (χ1) is 19.6. The van der Waals surface area contributed by atoms with Gasteiger partial charge in [0.25, 0.3) is 0 Å². The summed E-state index contributed by atoms with van der Waals surface area (Å²) in [5, 5.41) is 12.5. The van der Waals surface area contributed by atoms with Crippen LogP contribution in [0.25, 0.3) is 0 Å². The van der Waals surface area contributed by atoms with Crippen molar-refractivity contribution in [3.05, 3.63) is 78.1 Å². The van der Waals surface area contributed by atoms with Crippen LogP contribution in [0.15, 0.2) is 66.7 Å². The Labute approximate surface area is 253 Å². The minimum atomic E-state index is -3.33. The number of rotatable bonds is 11. The third-order valence-electron chi connectivity index (χ3n) is 6.93. The van der Waals surface area contributed by atoms with E-state index in [1.54, 1.807) is 24.3 Å². The molecule has 3 aromatic carbocycles. The van der Waals surface area contributed by atoms with Crippen LogP contribution < -0.4 is 14.8 Å². The van der Waals surface area contributed by atoms with Crippen molar-refractivity contribution >= 4 is 39.8 Å². The predicted octanol–water partition coefficient (Wildman–Crippen LogP) is 6.42. The number of urea groups is 1. The lowest BCUT2D eigenvalue weighted by Crippen LogP contribution is -2.49. The highest BCUT2D eigenvalue weighted by Crippen LogP contribution is 2.26. The summed E-state index contributed by atoms with van der Waals surface area (Å²) in [5.74, 6) is 0.0699. The highest BCUT2D eigenvalue weighted by atomic mass is 35.5. The molecule has 9 nitrogen and oxygen atoms in total. The number of carbonyl (C=O) groups is 1. The van der Waals surface area contributed by atoms with Crippen LogP contribution in [0.1, 0.15) is 38.2 Å². The van der Waals surface area contributed by atoms with E-state index in [2.05, 4.69) is 21.9 Å². The number of phenols is 1. The predicted molar refractivity (Wildman–Crippen MR) is 166 cm³/mol. The number of piperidine rings is 1. The van der Waals surface area contributed by atoms with Gasteiger partial charge in [0.05, 0.1) is 6.26 Å². The Balaban J connectivity index is 0.00000484. The summed E-state index contributed by atoms with van der Waals surface area (Å²) in [6, 6.07) is 18.3. The molecular formula is C30H38ClFN4O5S. The molecule has 0 radical (unpaired) electrons. The molecule has 0 unspecified atom stereocenters. The number of anilines is 2. The number of hydrogen-bond acceptors (Lipinski definition) is 6. The maximum Gasteiger partial charge on any atom is 0.322 e. The average molecular weight is 621 g/mol. The number of nitrogens with one attached hydrogen (secondary N) is 2. The maximum atomic E-state index is 13.4. The molecular weight excluding hydrogens is 583 g/mol. The van der Waals surface area contributed by atoms with E-state index in [-0.39, 0.29) is 24.5 Å². The third kappa shape index (κ3) is 9.78. The Morgan fingerprint density at radius 2 is 1.62 bits per heavy atom. The molecule has 1 fully saturated rings. The monoisotopic (exact) mass is 620 g/mol. The Kier molecular flexibility index (Phi) is 11.8. The van der Waals surface area contributed by atoms with Gasteiger partial charge in [0.2, 0.25) is 10.0 Å². The minimum Gasteiger partial charge on any atom is -0.505 e. The van der Waals surface area contributed by atoms with Gasteiger partial charge in [-0.15, -0.1) is 12.4 Å². The number of sulfonamides is 1. The molecule has 3 aromatic rings. The number of hydrogen-bond donors (Lipinski definition) is 3. The molecule has 1 aliphatic heterocycles. The van der Waals surface area contributed by atoms with Gasteiger partial charge in [0.1, 0.15) is 11.5 Å². The number of benzene rings is 3. The number of amides is 2. The molecule has 1 aliphatic rings. The lowest BCUT2D eigenvalue weighted by atomic mass is 10.0. The Hall–Kier alpha value is -3.54. The molecule has 0 atom stereocenters. The highest BCUT2D eigenvalue weighted by molar-refractivity contribution is 7.92. The molecule has 3 N–H and O–H groups in total. The van der Waals surface area contributed by atoms with E-state index < -0.39 is 21.6 Å². The van der Waals surface area contributed by atoms with Gasteiger partial charge in [0.15, 0.2) is 11.6 Å². The average Bonchev–Trinajstić information content (AvgIpc) is 2.93. The molecule has 228 valence electrons. The number of nitrogens with zero attached hydrogens (tertiary/aromatic N) is 2. The maximum absolute atomic E-state index is 13.4. The summed E-state index contributed by atoms with van der Waals surface area (Å²) in [6.07, 6.45) is 4.64. The molecule has 4 rings (SSSR count). The molecule has 1 heterocycles. The van der Waals surface area contributed by atoms with Crippen LogP contribution in [0.4, 0.5) is 20.6 Å². The molecule has 0 bridgehead atoms. The van der Waals surface area contributed by atoms with Gasteiger partial charge >= 0.3 is 6.03 Å². The van der Waals surface area contributed by atoms with E-state index in [9.17, 15) is 22.7 Å². The quantitative estimate of drug-likeness (QED) is 0.228. The largest absolute Gasteiger partial charge is 0.505 e. The Morgan fingerprint density at radius 1 is 1.02 bits per heavy atom. The lowest BCUT2D eigenvalue weighted by molar-refractivity contribution is 0.122. The second kappa shape index (κ2) is 15.1. The van der Waals surface area contributed by atoms with Crippen molar-refractivity contribution in [2.24, 2.45) is 0 Å². The van der Waals surface area contributed by atoms with Crippen molar-refractivity contribution in [2.75, 3.05) is 35.9 Å². The number of carbonyl (C=O) groups excluding carboxylic acids is 1. The normalized spacial score (nSPS) is 14.1. The first kappa shape index (κ1) is 33.0. The van der Waals surface area contributed by atoms with Gasteiger partial charge in [-0.25, -0.2) is 17.6 Å². The second-order valence-electron chi connectivity index (χ2n) is 10.3. The highest BCUT2D eigenvalue weighted by Gasteiger charge is 2.28. The van der Waals surface area contributed by atoms with E-state index in [4.69, 9.17) is 4.74 Å².